The van der Waals surface area contributed by atoms with Gasteiger partial charge < -0.3 is 9.88 Å². The predicted molar refractivity (Wildman–Crippen MR) is 67.4 cm³/mol. The van der Waals surface area contributed by atoms with Crippen LogP contribution in [-0.4, -0.2) is 9.55 Å². The van der Waals surface area contributed by atoms with Crippen LogP contribution in [0.25, 0.3) is 0 Å². The van der Waals surface area contributed by atoms with Crippen molar-refractivity contribution in [3.63, 3.8) is 0 Å². The first kappa shape index (κ1) is 11.4. The van der Waals surface area contributed by atoms with Crippen LogP contribution >= 0.6 is 11.3 Å². The Labute approximate surface area is 100 Å². The van der Waals surface area contributed by atoms with E-state index in [9.17, 15) is 0 Å². The number of aryl methyl sites for hydroxylation is 2. The minimum atomic E-state index is 0.822. The summed E-state index contributed by atoms with van der Waals surface area (Å²) in [6.07, 6.45) is 4.93. The number of thiophene rings is 1. The summed E-state index contributed by atoms with van der Waals surface area (Å²) in [4.78, 5) is 7.12. The number of nitrogens with zero attached hydrogens (tertiary/aromatic N) is 2. The third-order valence-corrected chi connectivity index (χ3v) is 3.80. The molecule has 2 aromatic heterocycles. The van der Waals surface area contributed by atoms with Crippen LogP contribution in [0, 0.1) is 0 Å². The monoisotopic (exact) mass is 235 g/mol. The van der Waals surface area contributed by atoms with Crippen LogP contribution in [0.4, 0.5) is 0 Å². The van der Waals surface area contributed by atoms with Crippen LogP contribution in [0.2, 0.25) is 0 Å². The normalized spacial score (nSPS) is 10.9. The molecule has 0 aromatic carbocycles. The zero-order valence-corrected chi connectivity index (χ0v) is 10.5. The zero-order valence-electron chi connectivity index (χ0n) is 9.73. The van der Waals surface area contributed by atoms with Crippen molar-refractivity contribution in [3.8, 4) is 0 Å². The van der Waals surface area contributed by atoms with E-state index in [0.29, 0.717) is 0 Å². The van der Waals surface area contributed by atoms with Gasteiger partial charge in [-0.25, -0.2) is 4.98 Å². The highest BCUT2D eigenvalue weighted by Gasteiger charge is 2.00. The second-order valence-corrected chi connectivity index (χ2v) is 5.03. The van der Waals surface area contributed by atoms with Gasteiger partial charge in [-0.2, -0.15) is 0 Å². The average molecular weight is 235 g/mol. The lowest BCUT2D eigenvalue weighted by Crippen LogP contribution is -2.14. The summed E-state index contributed by atoms with van der Waals surface area (Å²) in [5, 5.41) is 3.41. The molecule has 0 saturated heterocycles. The van der Waals surface area contributed by atoms with E-state index in [1.54, 1.807) is 0 Å². The van der Waals surface area contributed by atoms with E-state index in [1.165, 1.54) is 9.75 Å². The zero-order chi connectivity index (χ0) is 11.4. The maximum absolute atomic E-state index is 4.27. The summed E-state index contributed by atoms with van der Waals surface area (Å²) in [5.74, 6) is 1.08. The van der Waals surface area contributed by atoms with Gasteiger partial charge in [0.05, 0.1) is 6.54 Å². The van der Waals surface area contributed by atoms with Gasteiger partial charge in [0.15, 0.2) is 0 Å². The van der Waals surface area contributed by atoms with Gasteiger partial charge in [-0.05, 0) is 18.6 Å². The summed E-state index contributed by atoms with van der Waals surface area (Å²) >= 11 is 1.88. The highest BCUT2D eigenvalue weighted by atomic mass is 32.1. The van der Waals surface area contributed by atoms with Crippen molar-refractivity contribution >= 4 is 11.3 Å². The Morgan fingerprint density at radius 3 is 2.75 bits per heavy atom. The van der Waals surface area contributed by atoms with Crippen LogP contribution < -0.4 is 5.32 Å². The summed E-state index contributed by atoms with van der Waals surface area (Å²) < 4.78 is 2.04. The lowest BCUT2D eigenvalue weighted by Gasteiger charge is -2.03. The molecule has 0 fully saturated rings. The predicted octanol–water partition coefficient (Wildman–Crippen LogP) is 2.33. The fourth-order valence-corrected chi connectivity index (χ4v) is 2.50. The lowest BCUT2D eigenvalue weighted by atomic mass is 10.3. The molecule has 2 rings (SSSR count). The number of aromatic nitrogens is 2. The molecule has 0 amide bonds. The minimum Gasteiger partial charge on any atom is -0.337 e. The lowest BCUT2D eigenvalue weighted by molar-refractivity contribution is 0.643. The molecule has 0 aliphatic carbocycles. The van der Waals surface area contributed by atoms with Gasteiger partial charge >= 0.3 is 0 Å². The molecule has 0 radical (unpaired) electrons. The standard InChI is InChI=1S/C12H17N3S/c1-3-10-4-5-11(16-10)8-13-9-12-14-6-7-15(12)2/h4-7,13H,3,8-9H2,1-2H3. The maximum atomic E-state index is 4.27. The van der Waals surface area contributed by atoms with Crippen LogP contribution in [0.5, 0.6) is 0 Å². The third kappa shape index (κ3) is 2.71. The Morgan fingerprint density at radius 2 is 2.12 bits per heavy atom. The van der Waals surface area contributed by atoms with Crippen molar-refractivity contribution in [2.24, 2.45) is 7.05 Å². The molecule has 4 heteroatoms. The molecule has 0 bridgehead atoms. The Balaban J connectivity index is 1.82. The molecule has 0 atom stereocenters. The second kappa shape index (κ2) is 5.27. The first-order chi connectivity index (χ1) is 7.79. The number of hydrogen-bond donors (Lipinski definition) is 1. The van der Waals surface area contributed by atoms with E-state index in [4.69, 9.17) is 0 Å². The molecule has 2 heterocycles. The van der Waals surface area contributed by atoms with E-state index in [-0.39, 0.29) is 0 Å². The Hall–Kier alpha value is -1.13. The number of rotatable bonds is 5. The molecule has 2 aromatic rings. The second-order valence-electron chi connectivity index (χ2n) is 3.78. The topological polar surface area (TPSA) is 29.9 Å². The van der Waals surface area contributed by atoms with Crippen molar-refractivity contribution < 1.29 is 0 Å². The molecule has 86 valence electrons. The Kier molecular flexibility index (Phi) is 3.74. The highest BCUT2D eigenvalue weighted by molar-refractivity contribution is 7.11. The average Bonchev–Trinajstić information content (AvgIpc) is 2.89. The quantitative estimate of drug-likeness (QED) is 0.862. The van der Waals surface area contributed by atoms with Crippen molar-refractivity contribution in [2.75, 3.05) is 0 Å². The van der Waals surface area contributed by atoms with Gasteiger partial charge in [0.25, 0.3) is 0 Å². The Morgan fingerprint density at radius 1 is 1.31 bits per heavy atom. The van der Waals surface area contributed by atoms with Crippen molar-refractivity contribution in [1.82, 2.24) is 14.9 Å². The van der Waals surface area contributed by atoms with Gasteiger partial charge in [0, 0.05) is 35.7 Å². The molecule has 0 spiro atoms. The third-order valence-electron chi connectivity index (χ3n) is 2.57. The van der Waals surface area contributed by atoms with E-state index in [1.807, 2.05) is 35.3 Å². The van der Waals surface area contributed by atoms with Crippen molar-refractivity contribution in [2.45, 2.75) is 26.4 Å². The van der Waals surface area contributed by atoms with E-state index in [2.05, 4.69) is 29.4 Å². The number of imidazole rings is 1. The Bertz CT molecular complexity index is 445. The molecule has 0 unspecified atom stereocenters. The summed E-state index contributed by atoms with van der Waals surface area (Å²) in [7, 11) is 2.02. The fraction of sp³-hybridized carbons (Fsp3) is 0.417. The van der Waals surface area contributed by atoms with Gasteiger partial charge in [0.1, 0.15) is 5.82 Å². The fourth-order valence-electron chi connectivity index (χ4n) is 1.57. The van der Waals surface area contributed by atoms with Crippen LogP contribution in [0.15, 0.2) is 24.5 Å². The van der Waals surface area contributed by atoms with Gasteiger partial charge in [0.2, 0.25) is 0 Å². The molecule has 0 aliphatic heterocycles. The van der Waals surface area contributed by atoms with Crippen LogP contribution in [0.3, 0.4) is 0 Å². The van der Waals surface area contributed by atoms with Crippen LogP contribution in [-0.2, 0) is 26.6 Å². The van der Waals surface area contributed by atoms with Gasteiger partial charge in [-0.15, -0.1) is 11.3 Å². The van der Waals surface area contributed by atoms with Crippen molar-refractivity contribution in [1.29, 1.82) is 0 Å². The first-order valence-electron chi connectivity index (χ1n) is 5.54. The van der Waals surface area contributed by atoms with Crippen molar-refractivity contribution in [3.05, 3.63) is 40.1 Å². The molecule has 3 nitrogen and oxygen atoms in total. The smallest absolute Gasteiger partial charge is 0.122 e. The molecule has 1 N–H and O–H groups in total. The summed E-state index contributed by atoms with van der Waals surface area (Å²) in [6, 6.07) is 4.41. The molecule has 0 saturated carbocycles. The summed E-state index contributed by atoms with van der Waals surface area (Å²) in [6.45, 7) is 3.94. The SMILES string of the molecule is CCc1ccc(CNCc2nccn2C)s1. The van der Waals surface area contributed by atoms with E-state index >= 15 is 0 Å². The largest absolute Gasteiger partial charge is 0.337 e. The van der Waals surface area contributed by atoms with Gasteiger partial charge in [-0.3, -0.25) is 0 Å². The molecule has 0 aliphatic rings. The molecular weight excluding hydrogens is 218 g/mol. The minimum absolute atomic E-state index is 0.822. The molecular formula is C12H17N3S. The highest BCUT2D eigenvalue weighted by Crippen LogP contribution is 2.16. The molecule has 16 heavy (non-hydrogen) atoms. The van der Waals surface area contributed by atoms with E-state index < -0.39 is 0 Å². The number of hydrogen-bond acceptors (Lipinski definition) is 3. The maximum Gasteiger partial charge on any atom is 0.122 e. The summed E-state index contributed by atoms with van der Waals surface area (Å²) in [5.41, 5.74) is 0. The van der Waals surface area contributed by atoms with Gasteiger partial charge in [-0.1, -0.05) is 6.92 Å². The first-order valence-corrected chi connectivity index (χ1v) is 6.35. The number of nitrogens with one attached hydrogen (secondary N) is 1. The van der Waals surface area contributed by atoms with Crippen LogP contribution in [0.1, 0.15) is 22.5 Å². The van der Waals surface area contributed by atoms with E-state index in [0.717, 1.165) is 25.3 Å².